The molecule has 0 aliphatic carbocycles. The Hall–Kier alpha value is -2.21. The number of hydrogen-bond acceptors (Lipinski definition) is 3. The highest BCUT2D eigenvalue weighted by Crippen LogP contribution is 2.24. The lowest BCUT2D eigenvalue weighted by Gasteiger charge is -2.17. The van der Waals surface area contributed by atoms with Crippen LogP contribution in [0.2, 0.25) is 0 Å². The number of sulfonamides is 1. The van der Waals surface area contributed by atoms with Gasteiger partial charge in [-0.15, -0.1) is 0 Å². The zero-order chi connectivity index (χ0) is 13.5. The average molecular weight is 276 g/mol. The first-order valence-electron chi connectivity index (χ1n) is 5.53. The van der Waals surface area contributed by atoms with Crippen LogP contribution in [0.1, 0.15) is 11.1 Å². The number of hydrazone groups is 1. The van der Waals surface area contributed by atoms with Crippen LogP contribution < -0.4 is 4.83 Å². The summed E-state index contributed by atoms with van der Waals surface area (Å²) < 4.78 is 37.4. The summed E-state index contributed by atoms with van der Waals surface area (Å²) in [7, 11) is -3.66. The monoisotopic (exact) mass is 276 g/mol. The molecule has 0 spiro atoms. The number of hydrogen-bond donors (Lipinski definition) is 1. The molecule has 4 nitrogen and oxygen atoms in total. The fourth-order valence-electron chi connectivity index (χ4n) is 1.97. The Balaban J connectivity index is 2.27. The fraction of sp³-hybridized carbons (Fsp3) is 0. The molecular formula is C13H9FN2O2S. The second-order valence-corrected chi connectivity index (χ2v) is 5.66. The Morgan fingerprint density at radius 2 is 1.58 bits per heavy atom. The van der Waals surface area contributed by atoms with Gasteiger partial charge >= 0.3 is 0 Å². The van der Waals surface area contributed by atoms with Gasteiger partial charge in [0.25, 0.3) is 10.0 Å². The van der Waals surface area contributed by atoms with Gasteiger partial charge in [0.05, 0.1) is 4.90 Å². The van der Waals surface area contributed by atoms with Gasteiger partial charge in [-0.25, -0.2) is 4.39 Å². The first-order valence-corrected chi connectivity index (χ1v) is 7.02. The zero-order valence-electron chi connectivity index (χ0n) is 9.67. The van der Waals surface area contributed by atoms with Crippen molar-refractivity contribution in [3.8, 4) is 0 Å². The van der Waals surface area contributed by atoms with Gasteiger partial charge in [-0.2, -0.15) is 18.4 Å². The van der Waals surface area contributed by atoms with Crippen molar-refractivity contribution in [2.45, 2.75) is 4.90 Å². The van der Waals surface area contributed by atoms with Crippen LogP contribution in [0.15, 0.2) is 58.5 Å². The standard InChI is InChI=1S/C13H9FN2O2S/c14-11-7-3-1-5-9(11)13-10-6-2-4-8-12(10)19(17,18)16-15-13/h1-8,16H. The second kappa shape index (κ2) is 4.17. The highest BCUT2D eigenvalue weighted by atomic mass is 32.2. The topological polar surface area (TPSA) is 58.5 Å². The van der Waals surface area contributed by atoms with Crippen LogP contribution in [0.3, 0.4) is 0 Å². The Labute approximate surface area is 109 Å². The molecule has 19 heavy (non-hydrogen) atoms. The minimum Gasteiger partial charge on any atom is -0.206 e. The summed E-state index contributed by atoms with van der Waals surface area (Å²) in [4.78, 5) is 2.18. The SMILES string of the molecule is O=S1(=O)NN=C(c2ccccc2F)c2ccccc21. The van der Waals surface area contributed by atoms with Gasteiger partial charge in [0.15, 0.2) is 0 Å². The van der Waals surface area contributed by atoms with E-state index in [2.05, 4.69) is 9.93 Å². The number of halogens is 1. The summed E-state index contributed by atoms with van der Waals surface area (Å²) in [5, 5.41) is 3.79. The molecule has 1 heterocycles. The molecule has 2 aromatic rings. The van der Waals surface area contributed by atoms with Crippen LogP contribution in [0.25, 0.3) is 0 Å². The van der Waals surface area contributed by atoms with Gasteiger partial charge in [0.2, 0.25) is 0 Å². The molecular weight excluding hydrogens is 267 g/mol. The zero-order valence-corrected chi connectivity index (χ0v) is 10.5. The molecule has 0 atom stereocenters. The number of benzene rings is 2. The minimum atomic E-state index is -3.66. The largest absolute Gasteiger partial charge is 0.277 e. The van der Waals surface area contributed by atoms with E-state index < -0.39 is 15.8 Å². The third kappa shape index (κ3) is 1.90. The van der Waals surface area contributed by atoms with E-state index in [9.17, 15) is 12.8 Å². The minimum absolute atomic E-state index is 0.100. The van der Waals surface area contributed by atoms with Crippen molar-refractivity contribution in [2.24, 2.45) is 5.10 Å². The molecule has 0 radical (unpaired) electrons. The molecule has 1 aliphatic rings. The van der Waals surface area contributed by atoms with Gasteiger partial charge in [-0.3, -0.25) is 0 Å². The Morgan fingerprint density at radius 3 is 2.32 bits per heavy atom. The summed E-state index contributed by atoms with van der Waals surface area (Å²) >= 11 is 0. The Morgan fingerprint density at radius 1 is 0.947 bits per heavy atom. The van der Waals surface area contributed by atoms with Crippen molar-refractivity contribution >= 4 is 15.7 Å². The van der Waals surface area contributed by atoms with E-state index >= 15 is 0 Å². The predicted molar refractivity (Wildman–Crippen MR) is 68.8 cm³/mol. The molecule has 0 amide bonds. The van der Waals surface area contributed by atoms with Crippen molar-refractivity contribution in [1.29, 1.82) is 0 Å². The van der Waals surface area contributed by atoms with Crippen LogP contribution >= 0.6 is 0 Å². The molecule has 0 fully saturated rings. The number of nitrogens with one attached hydrogen (secondary N) is 1. The molecule has 0 saturated heterocycles. The summed E-state index contributed by atoms with van der Waals surface area (Å²) in [6.07, 6.45) is 0. The summed E-state index contributed by atoms with van der Waals surface area (Å²) in [5.74, 6) is -0.447. The third-order valence-corrected chi connectivity index (χ3v) is 4.10. The predicted octanol–water partition coefficient (Wildman–Crippen LogP) is 1.87. The van der Waals surface area contributed by atoms with E-state index in [0.717, 1.165) is 0 Å². The van der Waals surface area contributed by atoms with Crippen LogP contribution in [-0.2, 0) is 10.0 Å². The Bertz CT molecular complexity index is 785. The van der Waals surface area contributed by atoms with Crippen LogP contribution in [0.4, 0.5) is 4.39 Å². The number of fused-ring (bicyclic) bond motifs is 1. The van der Waals surface area contributed by atoms with E-state index in [-0.39, 0.29) is 16.2 Å². The molecule has 0 aromatic heterocycles. The van der Waals surface area contributed by atoms with E-state index in [0.29, 0.717) is 5.56 Å². The van der Waals surface area contributed by atoms with Gasteiger partial charge in [-0.1, -0.05) is 30.3 Å². The molecule has 6 heteroatoms. The van der Waals surface area contributed by atoms with Gasteiger partial charge in [0, 0.05) is 11.1 Å². The normalized spacial score (nSPS) is 16.2. The first kappa shape index (κ1) is 11.9. The lowest BCUT2D eigenvalue weighted by atomic mass is 10.0. The van der Waals surface area contributed by atoms with Crippen molar-refractivity contribution in [2.75, 3.05) is 0 Å². The second-order valence-electron chi connectivity index (χ2n) is 4.03. The summed E-state index contributed by atoms with van der Waals surface area (Å²) in [6, 6.07) is 12.5. The molecule has 3 rings (SSSR count). The molecule has 0 bridgehead atoms. The summed E-state index contributed by atoms with van der Waals surface area (Å²) in [6.45, 7) is 0. The first-order chi connectivity index (χ1) is 9.09. The molecule has 1 aliphatic heterocycles. The average Bonchev–Trinajstić information content (AvgIpc) is 2.41. The Kier molecular flexibility index (Phi) is 2.60. The van der Waals surface area contributed by atoms with E-state index in [1.807, 2.05) is 0 Å². The quantitative estimate of drug-likeness (QED) is 0.864. The summed E-state index contributed by atoms with van der Waals surface area (Å²) in [5.41, 5.74) is 0.937. The smallest absolute Gasteiger partial charge is 0.206 e. The van der Waals surface area contributed by atoms with Gasteiger partial charge in [0.1, 0.15) is 11.5 Å². The maximum atomic E-state index is 13.8. The highest BCUT2D eigenvalue weighted by Gasteiger charge is 2.27. The molecule has 2 aromatic carbocycles. The van der Waals surface area contributed by atoms with Gasteiger partial charge < -0.3 is 0 Å². The van der Waals surface area contributed by atoms with Crippen molar-refractivity contribution in [3.05, 3.63) is 65.5 Å². The molecule has 0 saturated carbocycles. The van der Waals surface area contributed by atoms with E-state index in [1.54, 1.807) is 36.4 Å². The van der Waals surface area contributed by atoms with E-state index in [1.165, 1.54) is 12.1 Å². The van der Waals surface area contributed by atoms with Crippen LogP contribution in [0, 0.1) is 5.82 Å². The molecule has 96 valence electrons. The lowest BCUT2D eigenvalue weighted by molar-refractivity contribution is 0.582. The lowest BCUT2D eigenvalue weighted by Crippen LogP contribution is -2.28. The van der Waals surface area contributed by atoms with Crippen LogP contribution in [-0.4, -0.2) is 14.1 Å². The maximum Gasteiger partial charge on any atom is 0.277 e. The van der Waals surface area contributed by atoms with Crippen molar-refractivity contribution < 1.29 is 12.8 Å². The van der Waals surface area contributed by atoms with Crippen LogP contribution in [0.5, 0.6) is 0 Å². The molecule has 1 N–H and O–H groups in total. The third-order valence-electron chi connectivity index (χ3n) is 2.84. The van der Waals surface area contributed by atoms with E-state index in [4.69, 9.17) is 0 Å². The number of rotatable bonds is 1. The fourth-order valence-corrected chi connectivity index (χ4v) is 2.99. The van der Waals surface area contributed by atoms with Crippen molar-refractivity contribution in [3.63, 3.8) is 0 Å². The van der Waals surface area contributed by atoms with Crippen molar-refractivity contribution in [1.82, 2.24) is 4.83 Å². The molecule has 0 unspecified atom stereocenters. The maximum absolute atomic E-state index is 13.8. The highest BCUT2D eigenvalue weighted by molar-refractivity contribution is 7.89. The number of nitrogens with zero attached hydrogens (tertiary/aromatic N) is 1. The van der Waals surface area contributed by atoms with Gasteiger partial charge in [-0.05, 0) is 18.2 Å².